The van der Waals surface area contributed by atoms with Gasteiger partial charge in [-0.25, -0.2) is 0 Å². The van der Waals surface area contributed by atoms with Gasteiger partial charge in [-0.3, -0.25) is 4.98 Å². The Kier molecular flexibility index (Phi) is 4.17. The number of allylic oxidation sites excluding steroid dienone is 1. The van der Waals surface area contributed by atoms with Gasteiger partial charge in [-0.2, -0.15) is 0 Å². The van der Waals surface area contributed by atoms with Crippen molar-refractivity contribution in [3.05, 3.63) is 106 Å². The minimum absolute atomic E-state index is 0.810. The third-order valence-corrected chi connectivity index (χ3v) is 6.23. The third-order valence-electron chi connectivity index (χ3n) is 6.23. The van der Waals surface area contributed by atoms with Gasteiger partial charge in [0.25, 0.3) is 0 Å². The van der Waals surface area contributed by atoms with Crippen molar-refractivity contribution in [2.45, 2.75) is 26.3 Å². The topological polar surface area (TPSA) is 43.6 Å². The third kappa shape index (κ3) is 3.03. The van der Waals surface area contributed by atoms with Crippen LogP contribution in [-0.4, -0.2) is 19.7 Å². The molecule has 4 aromatic rings. The van der Waals surface area contributed by atoms with Crippen molar-refractivity contribution in [2.75, 3.05) is 0 Å². The molecule has 150 valence electrons. The highest BCUT2D eigenvalue weighted by atomic mass is 15.3. The lowest BCUT2D eigenvalue weighted by molar-refractivity contribution is 0.609. The molecule has 6 rings (SSSR count). The summed E-state index contributed by atoms with van der Waals surface area (Å²) in [5, 5.41) is 9.11. The molecule has 0 N–H and O–H groups in total. The molecule has 2 aromatic heterocycles. The molecule has 0 fully saturated rings. The van der Waals surface area contributed by atoms with Crippen molar-refractivity contribution in [3.8, 4) is 11.4 Å². The number of hydrogen-bond acceptors (Lipinski definition) is 3. The summed E-state index contributed by atoms with van der Waals surface area (Å²) in [5.74, 6) is 1.94. The zero-order valence-electron chi connectivity index (χ0n) is 17.4. The van der Waals surface area contributed by atoms with Crippen LogP contribution in [0.2, 0.25) is 0 Å². The van der Waals surface area contributed by atoms with Crippen LogP contribution >= 0.6 is 0 Å². The van der Waals surface area contributed by atoms with E-state index < -0.39 is 0 Å². The van der Waals surface area contributed by atoms with E-state index in [1.807, 2.05) is 12.4 Å². The van der Waals surface area contributed by atoms with E-state index >= 15 is 0 Å². The Morgan fingerprint density at radius 2 is 1.55 bits per heavy atom. The number of nitrogens with zero attached hydrogens (tertiary/aromatic N) is 4. The summed E-state index contributed by atoms with van der Waals surface area (Å²) in [5.41, 5.74) is 10.1. The maximum atomic E-state index is 4.58. The fourth-order valence-electron chi connectivity index (χ4n) is 4.78. The van der Waals surface area contributed by atoms with Crippen LogP contribution in [0.1, 0.15) is 40.1 Å². The Balaban J connectivity index is 1.50. The summed E-state index contributed by atoms with van der Waals surface area (Å²) in [6, 6.07) is 19.5. The van der Waals surface area contributed by atoms with Gasteiger partial charge in [0.1, 0.15) is 5.82 Å². The zero-order valence-corrected chi connectivity index (χ0v) is 17.4. The van der Waals surface area contributed by atoms with E-state index in [0.717, 1.165) is 42.2 Å². The van der Waals surface area contributed by atoms with E-state index in [0.29, 0.717) is 0 Å². The van der Waals surface area contributed by atoms with Gasteiger partial charge < -0.3 is 4.57 Å². The highest BCUT2D eigenvalue weighted by Gasteiger charge is 2.25. The Morgan fingerprint density at radius 1 is 0.839 bits per heavy atom. The van der Waals surface area contributed by atoms with Crippen LogP contribution in [0.4, 0.5) is 0 Å². The van der Waals surface area contributed by atoms with Gasteiger partial charge in [0, 0.05) is 30.9 Å². The average Bonchev–Trinajstić information content (AvgIpc) is 3.15. The Hall–Kier alpha value is -3.79. The molecule has 4 nitrogen and oxygen atoms in total. The van der Waals surface area contributed by atoms with Crippen LogP contribution < -0.4 is 0 Å². The van der Waals surface area contributed by atoms with Crippen LogP contribution in [0.5, 0.6) is 0 Å². The molecule has 0 atom stereocenters. The molecule has 1 aliphatic carbocycles. The summed E-state index contributed by atoms with van der Waals surface area (Å²) in [6.07, 6.45) is 10.0. The lowest BCUT2D eigenvalue weighted by Gasteiger charge is -2.23. The van der Waals surface area contributed by atoms with Gasteiger partial charge >= 0.3 is 0 Å². The van der Waals surface area contributed by atoms with E-state index in [4.69, 9.17) is 0 Å². The summed E-state index contributed by atoms with van der Waals surface area (Å²) in [7, 11) is 0. The van der Waals surface area contributed by atoms with Crippen LogP contribution in [0.3, 0.4) is 0 Å². The molecular weight excluding hydrogens is 380 g/mol. The highest BCUT2D eigenvalue weighted by molar-refractivity contribution is 5.95. The van der Waals surface area contributed by atoms with Crippen LogP contribution in [0.25, 0.3) is 29.1 Å². The largest absolute Gasteiger partial charge is 0.310 e. The van der Waals surface area contributed by atoms with Crippen molar-refractivity contribution in [3.63, 3.8) is 0 Å². The van der Waals surface area contributed by atoms with Gasteiger partial charge in [0.15, 0.2) is 5.82 Å². The summed E-state index contributed by atoms with van der Waals surface area (Å²) in [4.78, 5) is 4.34. The number of aryl methyl sites for hydroxylation is 1. The monoisotopic (exact) mass is 402 g/mol. The molecular formula is C27H22N4. The number of pyridine rings is 1. The van der Waals surface area contributed by atoms with Gasteiger partial charge in [-0.15, -0.1) is 10.2 Å². The van der Waals surface area contributed by atoms with Crippen LogP contribution in [0.15, 0.2) is 72.6 Å². The van der Waals surface area contributed by atoms with E-state index in [1.54, 1.807) is 0 Å². The fraction of sp³-hybridized carbons (Fsp3) is 0.148. The minimum Gasteiger partial charge on any atom is -0.310 e. The first kappa shape index (κ1) is 18.0. The molecule has 0 unspecified atom stereocenters. The highest BCUT2D eigenvalue weighted by Crippen LogP contribution is 2.39. The van der Waals surface area contributed by atoms with Gasteiger partial charge in [-0.05, 0) is 52.8 Å². The van der Waals surface area contributed by atoms with Crippen molar-refractivity contribution in [1.82, 2.24) is 19.7 Å². The van der Waals surface area contributed by atoms with Crippen molar-refractivity contribution in [2.24, 2.45) is 0 Å². The molecule has 0 spiro atoms. The normalized spacial score (nSPS) is 14.6. The molecule has 0 amide bonds. The van der Waals surface area contributed by atoms with Crippen molar-refractivity contribution >= 4 is 17.7 Å². The molecule has 0 radical (unpaired) electrons. The fourth-order valence-corrected chi connectivity index (χ4v) is 4.78. The Labute approximate surface area is 181 Å². The Bertz CT molecular complexity index is 1320. The van der Waals surface area contributed by atoms with E-state index in [-0.39, 0.29) is 0 Å². The zero-order chi connectivity index (χ0) is 20.8. The van der Waals surface area contributed by atoms with E-state index in [9.17, 15) is 0 Å². The van der Waals surface area contributed by atoms with E-state index in [2.05, 4.69) is 93.4 Å². The first-order valence-corrected chi connectivity index (χ1v) is 10.7. The predicted molar refractivity (Wildman–Crippen MR) is 124 cm³/mol. The molecule has 31 heavy (non-hydrogen) atoms. The smallest absolute Gasteiger partial charge is 0.165 e. The summed E-state index contributed by atoms with van der Waals surface area (Å²) in [6.45, 7) is 2.93. The second-order valence-electron chi connectivity index (χ2n) is 8.26. The molecule has 1 aliphatic heterocycles. The molecule has 2 aliphatic rings. The molecule has 0 bridgehead atoms. The van der Waals surface area contributed by atoms with Crippen molar-refractivity contribution < 1.29 is 0 Å². The van der Waals surface area contributed by atoms with Crippen LogP contribution in [0, 0.1) is 6.92 Å². The lowest BCUT2D eigenvalue weighted by atomic mass is 9.86. The second-order valence-corrected chi connectivity index (χ2v) is 8.26. The molecule has 2 aromatic carbocycles. The summed E-state index contributed by atoms with van der Waals surface area (Å²) < 4.78 is 2.26. The molecule has 4 heteroatoms. The minimum atomic E-state index is 0.810. The molecule has 0 saturated carbocycles. The SMILES string of the molecule is Cc1cncc(-c2nnc3n2CCC(=C2c4ccccc4C=Cc4ccccc42)C3)c1. The molecule has 3 heterocycles. The van der Waals surface area contributed by atoms with Crippen molar-refractivity contribution in [1.29, 1.82) is 0 Å². The lowest BCUT2D eigenvalue weighted by Crippen LogP contribution is -2.16. The quantitative estimate of drug-likeness (QED) is 0.368. The summed E-state index contributed by atoms with van der Waals surface area (Å²) >= 11 is 0. The average molecular weight is 403 g/mol. The molecule has 0 saturated heterocycles. The van der Waals surface area contributed by atoms with Gasteiger partial charge in [0.2, 0.25) is 0 Å². The van der Waals surface area contributed by atoms with Gasteiger partial charge in [-0.1, -0.05) is 66.3 Å². The predicted octanol–water partition coefficient (Wildman–Crippen LogP) is 5.58. The van der Waals surface area contributed by atoms with E-state index in [1.165, 1.54) is 33.4 Å². The number of benzene rings is 2. The number of fused-ring (bicyclic) bond motifs is 3. The maximum Gasteiger partial charge on any atom is 0.165 e. The maximum absolute atomic E-state index is 4.58. The first-order chi connectivity index (χ1) is 15.3. The first-order valence-electron chi connectivity index (χ1n) is 10.7. The standard InChI is InChI=1S/C27H22N4/c1-18-14-22(17-28-16-18)27-30-29-25-15-21(12-13-31(25)27)26-23-8-4-2-6-19(23)10-11-20-7-3-5-9-24(20)26/h2-11,14,16-17H,12-13,15H2,1H3. The second kappa shape index (κ2) is 7.17. The number of aromatic nitrogens is 4. The number of hydrogen-bond donors (Lipinski definition) is 0. The van der Waals surface area contributed by atoms with Gasteiger partial charge in [0.05, 0.1) is 0 Å². The van der Waals surface area contributed by atoms with Crippen LogP contribution in [-0.2, 0) is 13.0 Å². The number of rotatable bonds is 1. The Morgan fingerprint density at radius 3 is 2.26 bits per heavy atom.